The lowest BCUT2D eigenvalue weighted by molar-refractivity contribution is -0.144. The number of rotatable bonds is 5. The Morgan fingerprint density at radius 2 is 2.08 bits per heavy atom. The first-order chi connectivity index (χ1) is 5.99. The van der Waals surface area contributed by atoms with Gasteiger partial charge in [0.1, 0.15) is 6.54 Å². The van der Waals surface area contributed by atoms with E-state index in [1.807, 2.05) is 6.92 Å². The summed E-state index contributed by atoms with van der Waals surface area (Å²) in [6.07, 6.45) is 1.40. The molecule has 0 saturated carbocycles. The summed E-state index contributed by atoms with van der Waals surface area (Å²) in [5, 5.41) is 8.41. The number of amides is 1. The molecule has 0 unspecified atom stereocenters. The first-order valence-electron chi connectivity index (χ1n) is 4.21. The molecule has 76 valence electrons. The van der Waals surface area contributed by atoms with Crippen molar-refractivity contribution in [3.05, 3.63) is 0 Å². The maximum Gasteiger partial charge on any atom is 0.323 e. The van der Waals surface area contributed by atoms with Crippen LogP contribution in [0.15, 0.2) is 0 Å². The summed E-state index contributed by atoms with van der Waals surface area (Å²) in [6, 6.07) is -0.575. The van der Waals surface area contributed by atoms with Crippen LogP contribution in [0.5, 0.6) is 0 Å². The van der Waals surface area contributed by atoms with E-state index >= 15 is 0 Å². The van der Waals surface area contributed by atoms with Gasteiger partial charge in [0.2, 0.25) is 5.91 Å². The van der Waals surface area contributed by atoms with Gasteiger partial charge in [0.25, 0.3) is 0 Å². The second-order valence-electron chi connectivity index (χ2n) is 2.98. The molecule has 0 rings (SSSR count). The van der Waals surface area contributed by atoms with Crippen LogP contribution in [0.2, 0.25) is 0 Å². The minimum atomic E-state index is -1.03. The summed E-state index contributed by atoms with van der Waals surface area (Å²) < 4.78 is 0. The number of carbonyl (C=O) groups is 2. The van der Waals surface area contributed by atoms with Crippen LogP contribution in [0.1, 0.15) is 19.8 Å². The normalized spacial score (nSPS) is 12.2. The van der Waals surface area contributed by atoms with Gasteiger partial charge >= 0.3 is 5.97 Å². The maximum absolute atomic E-state index is 11.3. The van der Waals surface area contributed by atoms with Crippen LogP contribution in [0, 0.1) is 0 Å². The average Bonchev–Trinajstić information content (AvgIpc) is 2.02. The number of aliphatic carboxylic acids is 1. The minimum absolute atomic E-state index is 0.295. The highest BCUT2D eigenvalue weighted by Crippen LogP contribution is 1.97. The van der Waals surface area contributed by atoms with Gasteiger partial charge in [-0.2, -0.15) is 0 Å². The van der Waals surface area contributed by atoms with Gasteiger partial charge in [0, 0.05) is 7.05 Å². The SMILES string of the molecule is CCC[C@H](N)C(=O)N(C)CC(=O)O. The standard InChI is InChI=1S/C8H16N2O3/c1-3-4-6(9)8(13)10(2)5-7(11)12/h6H,3-5,9H2,1-2H3,(H,11,12)/t6-/m0/s1. The van der Waals surface area contributed by atoms with Crippen molar-refractivity contribution in [2.24, 2.45) is 5.73 Å². The third kappa shape index (κ3) is 4.47. The van der Waals surface area contributed by atoms with Crippen molar-refractivity contribution in [3.63, 3.8) is 0 Å². The van der Waals surface area contributed by atoms with E-state index < -0.39 is 12.0 Å². The van der Waals surface area contributed by atoms with E-state index in [1.54, 1.807) is 0 Å². The second-order valence-corrected chi connectivity index (χ2v) is 2.98. The van der Waals surface area contributed by atoms with Gasteiger partial charge in [0.15, 0.2) is 0 Å². The zero-order chi connectivity index (χ0) is 10.4. The number of carboxylic acids is 1. The molecule has 13 heavy (non-hydrogen) atoms. The molecule has 0 bridgehead atoms. The molecule has 1 amide bonds. The Hall–Kier alpha value is -1.10. The fraction of sp³-hybridized carbons (Fsp3) is 0.750. The van der Waals surface area contributed by atoms with E-state index in [1.165, 1.54) is 7.05 Å². The van der Waals surface area contributed by atoms with Crippen molar-refractivity contribution in [1.82, 2.24) is 4.90 Å². The summed E-state index contributed by atoms with van der Waals surface area (Å²) in [5.74, 6) is -1.34. The Morgan fingerprint density at radius 3 is 2.46 bits per heavy atom. The van der Waals surface area contributed by atoms with Crippen LogP contribution in [0.25, 0.3) is 0 Å². The van der Waals surface area contributed by atoms with Crippen LogP contribution < -0.4 is 5.73 Å². The summed E-state index contributed by atoms with van der Waals surface area (Å²) in [7, 11) is 1.44. The lowest BCUT2D eigenvalue weighted by Crippen LogP contribution is -2.43. The molecule has 0 aliphatic carbocycles. The van der Waals surface area contributed by atoms with Gasteiger partial charge in [-0.3, -0.25) is 9.59 Å². The molecule has 0 fully saturated rings. The molecular formula is C8H16N2O3. The molecule has 0 aromatic carbocycles. The summed E-state index contributed by atoms with van der Waals surface area (Å²) in [6.45, 7) is 1.63. The van der Waals surface area contributed by atoms with Crippen molar-refractivity contribution >= 4 is 11.9 Å². The van der Waals surface area contributed by atoms with E-state index in [0.29, 0.717) is 6.42 Å². The quantitative estimate of drug-likeness (QED) is 0.618. The Kier molecular flexibility index (Phi) is 5.06. The molecular weight excluding hydrogens is 172 g/mol. The number of hydrogen-bond donors (Lipinski definition) is 2. The van der Waals surface area contributed by atoms with Crippen LogP contribution in [0.4, 0.5) is 0 Å². The summed E-state index contributed by atoms with van der Waals surface area (Å²) in [5.41, 5.74) is 5.52. The highest BCUT2D eigenvalue weighted by atomic mass is 16.4. The number of nitrogens with two attached hydrogens (primary N) is 1. The predicted molar refractivity (Wildman–Crippen MR) is 48.2 cm³/mol. The van der Waals surface area contributed by atoms with Gasteiger partial charge in [-0.1, -0.05) is 13.3 Å². The molecule has 0 heterocycles. The van der Waals surface area contributed by atoms with Gasteiger partial charge in [-0.25, -0.2) is 0 Å². The van der Waals surface area contributed by atoms with Crippen molar-refractivity contribution in [2.75, 3.05) is 13.6 Å². The highest BCUT2D eigenvalue weighted by molar-refractivity contribution is 5.84. The van der Waals surface area contributed by atoms with Crippen LogP contribution in [-0.4, -0.2) is 41.5 Å². The minimum Gasteiger partial charge on any atom is -0.480 e. The molecule has 0 aromatic heterocycles. The van der Waals surface area contributed by atoms with Crippen molar-refractivity contribution in [1.29, 1.82) is 0 Å². The van der Waals surface area contributed by atoms with E-state index in [9.17, 15) is 9.59 Å². The van der Waals surface area contributed by atoms with Crippen molar-refractivity contribution in [2.45, 2.75) is 25.8 Å². The van der Waals surface area contributed by atoms with E-state index in [2.05, 4.69) is 0 Å². The van der Waals surface area contributed by atoms with Crippen LogP contribution >= 0.6 is 0 Å². The highest BCUT2D eigenvalue weighted by Gasteiger charge is 2.18. The molecule has 5 heteroatoms. The first kappa shape index (κ1) is 11.9. The number of carboxylic acid groups (broad SMARTS) is 1. The van der Waals surface area contributed by atoms with Crippen LogP contribution in [-0.2, 0) is 9.59 Å². The third-order valence-electron chi connectivity index (χ3n) is 1.67. The zero-order valence-corrected chi connectivity index (χ0v) is 7.99. The summed E-state index contributed by atoms with van der Waals surface area (Å²) in [4.78, 5) is 22.7. The van der Waals surface area contributed by atoms with E-state index in [-0.39, 0.29) is 12.5 Å². The average molecular weight is 188 g/mol. The topological polar surface area (TPSA) is 83.6 Å². The molecule has 0 aromatic rings. The van der Waals surface area contributed by atoms with Crippen molar-refractivity contribution < 1.29 is 14.7 Å². The smallest absolute Gasteiger partial charge is 0.323 e. The van der Waals surface area contributed by atoms with Crippen molar-refractivity contribution in [3.8, 4) is 0 Å². The number of nitrogens with zero attached hydrogens (tertiary/aromatic N) is 1. The molecule has 1 atom stereocenters. The molecule has 0 aliphatic rings. The summed E-state index contributed by atoms with van der Waals surface area (Å²) >= 11 is 0. The van der Waals surface area contributed by atoms with Crippen LogP contribution in [0.3, 0.4) is 0 Å². The molecule has 0 aliphatic heterocycles. The van der Waals surface area contributed by atoms with Gasteiger partial charge in [-0.15, -0.1) is 0 Å². The monoisotopic (exact) mass is 188 g/mol. The Bertz CT molecular complexity index is 194. The molecule has 0 radical (unpaired) electrons. The Labute approximate surface area is 77.5 Å². The Morgan fingerprint density at radius 1 is 1.54 bits per heavy atom. The lowest BCUT2D eigenvalue weighted by atomic mass is 10.1. The predicted octanol–water partition coefficient (Wildman–Crippen LogP) is -0.343. The molecule has 0 saturated heterocycles. The second kappa shape index (κ2) is 5.53. The van der Waals surface area contributed by atoms with E-state index in [0.717, 1.165) is 11.3 Å². The zero-order valence-electron chi connectivity index (χ0n) is 7.99. The number of carbonyl (C=O) groups excluding carboxylic acids is 1. The number of likely N-dealkylation sites (N-methyl/N-ethyl adjacent to an activating group) is 1. The molecule has 5 nitrogen and oxygen atoms in total. The lowest BCUT2D eigenvalue weighted by Gasteiger charge is -2.18. The van der Waals surface area contributed by atoms with Gasteiger partial charge in [0.05, 0.1) is 6.04 Å². The van der Waals surface area contributed by atoms with E-state index in [4.69, 9.17) is 10.8 Å². The van der Waals surface area contributed by atoms with Gasteiger partial charge < -0.3 is 15.7 Å². The van der Waals surface area contributed by atoms with Gasteiger partial charge in [-0.05, 0) is 6.42 Å². The molecule has 3 N–H and O–H groups in total. The largest absolute Gasteiger partial charge is 0.480 e. The third-order valence-corrected chi connectivity index (χ3v) is 1.67. The fourth-order valence-corrected chi connectivity index (χ4v) is 0.998. The first-order valence-corrected chi connectivity index (χ1v) is 4.21. The Balaban J connectivity index is 4.01. The maximum atomic E-state index is 11.3. The fourth-order valence-electron chi connectivity index (χ4n) is 0.998. The number of hydrogen-bond acceptors (Lipinski definition) is 3. The molecule has 0 spiro atoms.